The Morgan fingerprint density at radius 3 is 2.79 bits per heavy atom. The van der Waals surface area contributed by atoms with Gasteiger partial charge >= 0.3 is 0 Å². The number of halogens is 1. The summed E-state index contributed by atoms with van der Waals surface area (Å²) in [6.07, 6.45) is 0. The zero-order chi connectivity index (χ0) is 10.1. The van der Waals surface area contributed by atoms with E-state index in [0.29, 0.717) is 10.4 Å². The minimum atomic E-state index is 0.0372. The number of thiophene rings is 1. The van der Waals surface area contributed by atoms with Crippen LogP contribution in [0.2, 0.25) is 0 Å². The van der Waals surface area contributed by atoms with Crippen molar-refractivity contribution < 1.29 is 10.2 Å². The molecule has 0 radical (unpaired) electrons. The largest absolute Gasteiger partial charge is 0.499 e. The fraction of sp³-hybridized carbons (Fsp3) is 0.200. The summed E-state index contributed by atoms with van der Waals surface area (Å²) in [5.74, 6) is 0. The van der Waals surface area contributed by atoms with Crippen LogP contribution >= 0.6 is 27.3 Å². The Bertz CT molecular complexity index is 464. The topological polar surface area (TPSA) is 40.5 Å². The first kappa shape index (κ1) is 9.96. The van der Waals surface area contributed by atoms with E-state index in [0.717, 1.165) is 21.2 Å². The van der Waals surface area contributed by atoms with E-state index in [1.165, 1.54) is 11.3 Å². The van der Waals surface area contributed by atoms with Crippen molar-refractivity contribution in [1.29, 1.82) is 0 Å². The van der Waals surface area contributed by atoms with Crippen LogP contribution in [0.3, 0.4) is 0 Å². The van der Waals surface area contributed by atoms with Gasteiger partial charge in [-0.3, -0.25) is 0 Å². The molecule has 74 valence electrons. The van der Waals surface area contributed by atoms with Crippen LogP contribution in [0.5, 0.6) is 5.06 Å². The van der Waals surface area contributed by atoms with Gasteiger partial charge in [-0.15, -0.1) is 0 Å². The molecule has 2 rings (SSSR count). The highest BCUT2D eigenvalue weighted by Gasteiger charge is 2.09. The standard InChI is InChI=1S/C10H9BrO2S/c11-4-8-7(5-12)2-1-6-3-9(13)14-10(6)8/h1-3,12-13H,4-5H2. The summed E-state index contributed by atoms with van der Waals surface area (Å²) >= 11 is 4.74. The highest BCUT2D eigenvalue weighted by Crippen LogP contribution is 2.35. The Morgan fingerprint density at radius 1 is 1.36 bits per heavy atom. The number of alkyl halides is 1. The van der Waals surface area contributed by atoms with Crippen molar-refractivity contribution in [1.82, 2.24) is 0 Å². The molecule has 0 aliphatic carbocycles. The number of aliphatic hydroxyl groups excluding tert-OH is 1. The Labute approximate surface area is 93.9 Å². The molecule has 0 aliphatic heterocycles. The van der Waals surface area contributed by atoms with Crippen LogP contribution < -0.4 is 0 Å². The van der Waals surface area contributed by atoms with Crippen LogP contribution in [-0.2, 0) is 11.9 Å². The van der Waals surface area contributed by atoms with Crippen LogP contribution in [-0.4, -0.2) is 10.2 Å². The third-order valence-electron chi connectivity index (χ3n) is 2.18. The van der Waals surface area contributed by atoms with Crippen LogP contribution in [0.25, 0.3) is 10.1 Å². The van der Waals surface area contributed by atoms with Crippen molar-refractivity contribution >= 4 is 37.4 Å². The normalized spacial score (nSPS) is 11.0. The van der Waals surface area contributed by atoms with E-state index in [-0.39, 0.29) is 6.61 Å². The Morgan fingerprint density at radius 2 is 2.14 bits per heavy atom. The van der Waals surface area contributed by atoms with Gasteiger partial charge in [0.2, 0.25) is 0 Å². The van der Waals surface area contributed by atoms with Crippen molar-refractivity contribution in [2.24, 2.45) is 0 Å². The van der Waals surface area contributed by atoms with Crippen molar-refractivity contribution in [2.45, 2.75) is 11.9 Å². The molecular formula is C10H9BrO2S. The molecule has 0 atom stereocenters. The maximum absolute atomic E-state index is 9.38. The second kappa shape index (κ2) is 3.88. The molecule has 0 amide bonds. The van der Waals surface area contributed by atoms with Gasteiger partial charge in [0, 0.05) is 10.0 Å². The number of hydrogen-bond acceptors (Lipinski definition) is 3. The van der Waals surface area contributed by atoms with Crippen molar-refractivity contribution in [3.63, 3.8) is 0 Å². The zero-order valence-electron chi connectivity index (χ0n) is 7.33. The average molecular weight is 273 g/mol. The predicted octanol–water partition coefficient (Wildman–Crippen LogP) is 2.99. The number of fused-ring (bicyclic) bond motifs is 1. The maximum atomic E-state index is 9.38. The number of aliphatic hydroxyl groups is 1. The van der Waals surface area contributed by atoms with Gasteiger partial charge in [-0.05, 0) is 22.6 Å². The van der Waals surface area contributed by atoms with E-state index >= 15 is 0 Å². The lowest BCUT2D eigenvalue weighted by Crippen LogP contribution is -1.90. The molecule has 1 aromatic heterocycles. The molecule has 2 aromatic rings. The number of rotatable bonds is 2. The minimum absolute atomic E-state index is 0.0372. The van der Waals surface area contributed by atoms with Gasteiger partial charge < -0.3 is 10.2 Å². The molecule has 1 heterocycles. The quantitative estimate of drug-likeness (QED) is 0.826. The highest BCUT2D eigenvalue weighted by atomic mass is 79.9. The van der Waals surface area contributed by atoms with Crippen LogP contribution in [0.1, 0.15) is 11.1 Å². The molecule has 14 heavy (non-hydrogen) atoms. The smallest absolute Gasteiger partial charge is 0.172 e. The van der Waals surface area contributed by atoms with Gasteiger partial charge in [-0.1, -0.05) is 39.4 Å². The number of hydrogen-bond donors (Lipinski definition) is 2. The van der Waals surface area contributed by atoms with Gasteiger partial charge in [-0.25, -0.2) is 0 Å². The molecule has 0 fully saturated rings. The van der Waals surface area contributed by atoms with E-state index in [1.807, 2.05) is 12.1 Å². The predicted molar refractivity (Wildman–Crippen MR) is 62.0 cm³/mol. The van der Waals surface area contributed by atoms with Gasteiger partial charge in [-0.2, -0.15) is 0 Å². The van der Waals surface area contributed by atoms with E-state index in [1.54, 1.807) is 6.07 Å². The lowest BCUT2D eigenvalue weighted by molar-refractivity contribution is 0.281. The lowest BCUT2D eigenvalue weighted by atomic mass is 10.1. The van der Waals surface area contributed by atoms with Gasteiger partial charge in [0.05, 0.1) is 6.61 Å². The SMILES string of the molecule is OCc1ccc2cc(O)sc2c1CBr. The summed E-state index contributed by atoms with van der Waals surface area (Å²) in [6, 6.07) is 5.56. The zero-order valence-corrected chi connectivity index (χ0v) is 9.73. The fourth-order valence-electron chi connectivity index (χ4n) is 1.48. The highest BCUT2D eigenvalue weighted by molar-refractivity contribution is 9.08. The Kier molecular flexibility index (Phi) is 2.76. The Hall–Kier alpha value is -0.580. The van der Waals surface area contributed by atoms with E-state index in [2.05, 4.69) is 15.9 Å². The molecule has 2 N–H and O–H groups in total. The molecule has 2 nitrogen and oxygen atoms in total. The summed E-state index contributed by atoms with van der Waals surface area (Å²) in [7, 11) is 0. The first-order valence-corrected chi connectivity index (χ1v) is 6.10. The van der Waals surface area contributed by atoms with Gasteiger partial charge in [0.15, 0.2) is 5.06 Å². The molecule has 1 aromatic carbocycles. The third kappa shape index (κ3) is 1.54. The van der Waals surface area contributed by atoms with Crippen molar-refractivity contribution in [3.05, 3.63) is 29.3 Å². The molecule has 0 unspecified atom stereocenters. The van der Waals surface area contributed by atoms with Crippen molar-refractivity contribution in [2.75, 3.05) is 0 Å². The van der Waals surface area contributed by atoms with Crippen LogP contribution in [0.15, 0.2) is 18.2 Å². The first-order valence-electron chi connectivity index (χ1n) is 4.16. The second-order valence-corrected chi connectivity index (χ2v) is 4.59. The Balaban J connectivity index is 2.75. The maximum Gasteiger partial charge on any atom is 0.172 e. The molecule has 0 spiro atoms. The molecule has 0 aliphatic rings. The van der Waals surface area contributed by atoms with Crippen molar-refractivity contribution in [3.8, 4) is 5.06 Å². The summed E-state index contributed by atoms with van der Waals surface area (Å²) in [6.45, 7) is 0.0372. The molecule has 4 heteroatoms. The molecule has 0 saturated carbocycles. The summed E-state index contributed by atoms with van der Waals surface area (Å²) < 4.78 is 1.05. The summed E-state index contributed by atoms with van der Waals surface area (Å²) in [5.41, 5.74) is 1.98. The number of aromatic hydroxyl groups is 1. The van der Waals surface area contributed by atoms with Gasteiger partial charge in [0.25, 0.3) is 0 Å². The molecule has 0 saturated heterocycles. The monoisotopic (exact) mass is 272 g/mol. The fourth-order valence-corrected chi connectivity index (χ4v) is 3.27. The number of benzene rings is 1. The molecular weight excluding hydrogens is 264 g/mol. The average Bonchev–Trinajstić information content (AvgIpc) is 2.56. The van der Waals surface area contributed by atoms with Gasteiger partial charge in [0.1, 0.15) is 0 Å². The van der Waals surface area contributed by atoms with E-state index in [4.69, 9.17) is 5.11 Å². The van der Waals surface area contributed by atoms with E-state index in [9.17, 15) is 5.11 Å². The summed E-state index contributed by atoms with van der Waals surface area (Å²) in [5, 5.41) is 20.6. The first-order chi connectivity index (χ1) is 6.76. The molecule has 0 bridgehead atoms. The summed E-state index contributed by atoms with van der Waals surface area (Å²) in [4.78, 5) is 0. The van der Waals surface area contributed by atoms with Crippen LogP contribution in [0.4, 0.5) is 0 Å². The van der Waals surface area contributed by atoms with Crippen LogP contribution in [0, 0.1) is 0 Å². The lowest BCUT2D eigenvalue weighted by Gasteiger charge is -2.04. The minimum Gasteiger partial charge on any atom is -0.499 e. The van der Waals surface area contributed by atoms with E-state index < -0.39 is 0 Å². The second-order valence-electron chi connectivity index (χ2n) is 3.00. The third-order valence-corrected chi connectivity index (χ3v) is 3.75.